The van der Waals surface area contributed by atoms with Crippen LogP contribution in [-0.2, 0) is 17.6 Å². The van der Waals surface area contributed by atoms with E-state index >= 15 is 0 Å². The molecule has 0 spiro atoms. The Kier molecular flexibility index (Phi) is 5.57. The molecular formula is C15H19N3O2S. The molecule has 0 aliphatic carbocycles. The lowest BCUT2D eigenvalue weighted by atomic mass is 10.1. The number of nitrogens with zero attached hydrogens (tertiary/aromatic N) is 1. The van der Waals surface area contributed by atoms with E-state index in [2.05, 4.69) is 10.3 Å². The molecule has 3 N–H and O–H groups in total. The number of hydrogen-bond acceptors (Lipinski definition) is 5. The van der Waals surface area contributed by atoms with E-state index in [4.69, 9.17) is 10.5 Å². The van der Waals surface area contributed by atoms with Gasteiger partial charge in [-0.1, -0.05) is 12.1 Å². The molecule has 0 bridgehead atoms. The van der Waals surface area contributed by atoms with Gasteiger partial charge in [-0.15, -0.1) is 11.3 Å². The number of thiazole rings is 1. The number of carbonyl (C=O) groups is 1. The Labute approximate surface area is 128 Å². The van der Waals surface area contributed by atoms with Crippen LogP contribution in [0, 0.1) is 0 Å². The van der Waals surface area contributed by atoms with Crippen LogP contribution in [0.5, 0.6) is 5.75 Å². The first-order valence-corrected chi connectivity index (χ1v) is 7.65. The fraction of sp³-hybridized carbons (Fsp3) is 0.333. The lowest BCUT2D eigenvalue weighted by Gasteiger charge is -2.06. The Balaban J connectivity index is 1.69. The second-order valence-electron chi connectivity index (χ2n) is 4.63. The Morgan fingerprint density at radius 1 is 1.43 bits per heavy atom. The predicted octanol–water partition coefficient (Wildman–Crippen LogP) is 2.03. The van der Waals surface area contributed by atoms with Crippen molar-refractivity contribution in [2.75, 3.05) is 19.4 Å². The van der Waals surface area contributed by atoms with Gasteiger partial charge in [-0.25, -0.2) is 4.98 Å². The number of rotatable bonds is 7. The SMILES string of the molecule is COc1cccc(CCC(=O)NCCc2csc(N)n2)c1. The van der Waals surface area contributed by atoms with Crippen LogP contribution in [0.15, 0.2) is 29.6 Å². The van der Waals surface area contributed by atoms with E-state index in [9.17, 15) is 4.79 Å². The number of nitrogen functional groups attached to an aromatic ring is 1. The fourth-order valence-corrected chi connectivity index (χ4v) is 2.54. The lowest BCUT2D eigenvalue weighted by Crippen LogP contribution is -2.25. The van der Waals surface area contributed by atoms with E-state index in [1.165, 1.54) is 11.3 Å². The third kappa shape index (κ3) is 5.07. The first kappa shape index (κ1) is 15.3. The molecule has 6 heteroatoms. The van der Waals surface area contributed by atoms with Crippen molar-refractivity contribution in [1.82, 2.24) is 10.3 Å². The Morgan fingerprint density at radius 2 is 2.29 bits per heavy atom. The number of nitrogens with one attached hydrogen (secondary N) is 1. The quantitative estimate of drug-likeness (QED) is 0.820. The van der Waals surface area contributed by atoms with Gasteiger partial charge in [0.15, 0.2) is 5.13 Å². The summed E-state index contributed by atoms with van der Waals surface area (Å²) in [7, 11) is 1.64. The number of benzene rings is 1. The van der Waals surface area contributed by atoms with E-state index in [-0.39, 0.29) is 5.91 Å². The molecule has 0 fully saturated rings. The van der Waals surface area contributed by atoms with Crippen LogP contribution < -0.4 is 15.8 Å². The largest absolute Gasteiger partial charge is 0.497 e. The zero-order valence-corrected chi connectivity index (χ0v) is 12.8. The van der Waals surface area contributed by atoms with Crippen LogP contribution in [0.3, 0.4) is 0 Å². The van der Waals surface area contributed by atoms with Gasteiger partial charge in [0.2, 0.25) is 5.91 Å². The van der Waals surface area contributed by atoms with Crippen LogP contribution in [0.1, 0.15) is 17.7 Å². The molecule has 0 aliphatic rings. The molecule has 1 heterocycles. The minimum absolute atomic E-state index is 0.0426. The van der Waals surface area contributed by atoms with Gasteiger partial charge in [0.1, 0.15) is 5.75 Å². The van der Waals surface area contributed by atoms with Crippen LogP contribution in [0.25, 0.3) is 0 Å². The standard InChI is InChI=1S/C15H19N3O2S/c1-20-13-4-2-3-11(9-13)5-6-14(19)17-8-7-12-10-21-15(16)18-12/h2-4,9-10H,5-8H2,1H3,(H2,16,18)(H,17,19). The smallest absolute Gasteiger partial charge is 0.220 e. The maximum absolute atomic E-state index is 11.8. The summed E-state index contributed by atoms with van der Waals surface area (Å²) < 4.78 is 5.16. The molecule has 21 heavy (non-hydrogen) atoms. The third-order valence-corrected chi connectivity index (χ3v) is 3.77. The third-order valence-electron chi connectivity index (χ3n) is 3.05. The molecule has 1 aromatic carbocycles. The average Bonchev–Trinajstić information content (AvgIpc) is 2.91. The molecule has 0 saturated carbocycles. The Hall–Kier alpha value is -2.08. The maximum Gasteiger partial charge on any atom is 0.220 e. The second-order valence-corrected chi connectivity index (χ2v) is 5.52. The molecule has 5 nitrogen and oxygen atoms in total. The number of aromatic nitrogens is 1. The van der Waals surface area contributed by atoms with Crippen molar-refractivity contribution in [2.45, 2.75) is 19.3 Å². The molecule has 2 rings (SSSR count). The average molecular weight is 305 g/mol. The highest BCUT2D eigenvalue weighted by Gasteiger charge is 2.04. The van der Waals surface area contributed by atoms with Gasteiger partial charge in [0.05, 0.1) is 12.8 Å². The number of methoxy groups -OCH3 is 1. The Bertz CT molecular complexity index is 598. The molecular weight excluding hydrogens is 286 g/mol. The number of aryl methyl sites for hydroxylation is 1. The highest BCUT2D eigenvalue weighted by Crippen LogP contribution is 2.14. The molecule has 0 saturated heterocycles. The van der Waals surface area contributed by atoms with Crippen molar-refractivity contribution in [3.8, 4) is 5.75 Å². The molecule has 1 amide bonds. The van der Waals surface area contributed by atoms with Gasteiger partial charge in [-0.2, -0.15) is 0 Å². The first-order chi connectivity index (χ1) is 10.2. The lowest BCUT2D eigenvalue weighted by molar-refractivity contribution is -0.121. The molecule has 112 valence electrons. The zero-order chi connectivity index (χ0) is 15.1. The highest BCUT2D eigenvalue weighted by molar-refractivity contribution is 7.13. The van der Waals surface area contributed by atoms with E-state index < -0.39 is 0 Å². The van der Waals surface area contributed by atoms with Gasteiger partial charge in [-0.05, 0) is 24.1 Å². The summed E-state index contributed by atoms with van der Waals surface area (Å²) in [5.74, 6) is 0.857. The molecule has 0 radical (unpaired) electrons. The number of nitrogens with two attached hydrogens (primary N) is 1. The van der Waals surface area contributed by atoms with Gasteiger partial charge in [0.25, 0.3) is 0 Å². The summed E-state index contributed by atoms with van der Waals surface area (Å²) in [6, 6.07) is 7.76. The highest BCUT2D eigenvalue weighted by atomic mass is 32.1. The molecule has 2 aromatic rings. The Morgan fingerprint density at radius 3 is 3.00 bits per heavy atom. The normalized spacial score (nSPS) is 10.3. The summed E-state index contributed by atoms with van der Waals surface area (Å²) in [4.78, 5) is 15.9. The minimum Gasteiger partial charge on any atom is -0.497 e. The predicted molar refractivity (Wildman–Crippen MR) is 84.6 cm³/mol. The molecule has 0 aliphatic heterocycles. The van der Waals surface area contributed by atoms with Crippen molar-refractivity contribution in [1.29, 1.82) is 0 Å². The number of hydrogen-bond donors (Lipinski definition) is 2. The van der Waals surface area contributed by atoms with Gasteiger partial charge >= 0.3 is 0 Å². The summed E-state index contributed by atoms with van der Waals surface area (Å²) in [5, 5.41) is 5.37. The van der Waals surface area contributed by atoms with Crippen molar-refractivity contribution >= 4 is 22.4 Å². The van der Waals surface area contributed by atoms with E-state index in [0.717, 1.165) is 17.0 Å². The minimum atomic E-state index is 0.0426. The molecule has 0 atom stereocenters. The van der Waals surface area contributed by atoms with Gasteiger partial charge in [-0.3, -0.25) is 4.79 Å². The summed E-state index contributed by atoms with van der Waals surface area (Å²) in [6.45, 7) is 0.583. The summed E-state index contributed by atoms with van der Waals surface area (Å²) >= 11 is 1.42. The monoisotopic (exact) mass is 305 g/mol. The van der Waals surface area contributed by atoms with Crippen LogP contribution in [-0.4, -0.2) is 24.5 Å². The van der Waals surface area contributed by atoms with Crippen LogP contribution in [0.4, 0.5) is 5.13 Å². The molecule has 0 unspecified atom stereocenters. The van der Waals surface area contributed by atoms with Crippen LogP contribution >= 0.6 is 11.3 Å². The number of ether oxygens (including phenoxy) is 1. The van der Waals surface area contributed by atoms with Gasteiger partial charge < -0.3 is 15.8 Å². The second kappa shape index (κ2) is 7.64. The van der Waals surface area contributed by atoms with Crippen molar-refractivity contribution < 1.29 is 9.53 Å². The summed E-state index contributed by atoms with van der Waals surface area (Å²) in [6.07, 6.45) is 1.87. The number of anilines is 1. The van der Waals surface area contributed by atoms with E-state index in [1.807, 2.05) is 29.6 Å². The van der Waals surface area contributed by atoms with Crippen molar-refractivity contribution in [2.24, 2.45) is 0 Å². The number of amides is 1. The van der Waals surface area contributed by atoms with Crippen LogP contribution in [0.2, 0.25) is 0 Å². The van der Waals surface area contributed by atoms with Crippen molar-refractivity contribution in [3.05, 3.63) is 40.9 Å². The zero-order valence-electron chi connectivity index (χ0n) is 12.0. The van der Waals surface area contributed by atoms with E-state index in [0.29, 0.717) is 30.9 Å². The maximum atomic E-state index is 11.8. The topological polar surface area (TPSA) is 77.2 Å². The number of carbonyl (C=O) groups excluding carboxylic acids is 1. The first-order valence-electron chi connectivity index (χ1n) is 6.77. The fourth-order valence-electron chi connectivity index (χ4n) is 1.94. The summed E-state index contributed by atoms with van der Waals surface area (Å²) in [5.41, 5.74) is 7.57. The molecule has 1 aromatic heterocycles. The van der Waals surface area contributed by atoms with E-state index in [1.54, 1.807) is 7.11 Å². The van der Waals surface area contributed by atoms with Crippen molar-refractivity contribution in [3.63, 3.8) is 0 Å². The van der Waals surface area contributed by atoms with Gasteiger partial charge in [0, 0.05) is 24.8 Å².